The molecule has 0 spiro atoms. The quantitative estimate of drug-likeness (QED) is 0.687. The van der Waals surface area contributed by atoms with Crippen LogP contribution in [-0.2, 0) is 11.2 Å². The Labute approximate surface area is 121 Å². The summed E-state index contributed by atoms with van der Waals surface area (Å²) in [6.45, 7) is 0. The van der Waals surface area contributed by atoms with Gasteiger partial charge in [0.25, 0.3) is 0 Å². The number of hydrogen-bond donors (Lipinski definition) is 1. The van der Waals surface area contributed by atoms with Crippen molar-refractivity contribution in [3.63, 3.8) is 0 Å². The van der Waals surface area contributed by atoms with E-state index in [1.807, 2.05) is 48.5 Å². The van der Waals surface area contributed by atoms with Gasteiger partial charge in [-0.25, -0.2) is 0 Å². The summed E-state index contributed by atoms with van der Waals surface area (Å²) in [5.74, 6) is 0.0729. The molecule has 0 saturated heterocycles. The molecule has 19 heavy (non-hydrogen) atoms. The maximum absolute atomic E-state index is 11.9. The highest BCUT2D eigenvalue weighted by Crippen LogP contribution is 2.17. The van der Waals surface area contributed by atoms with Crippen molar-refractivity contribution in [1.82, 2.24) is 0 Å². The summed E-state index contributed by atoms with van der Waals surface area (Å²) in [6, 6.07) is 15.1. The Morgan fingerprint density at radius 3 is 2.47 bits per heavy atom. The molecule has 0 bridgehead atoms. The van der Waals surface area contributed by atoms with E-state index in [2.05, 4.69) is 15.9 Å². The van der Waals surface area contributed by atoms with Crippen molar-refractivity contribution >= 4 is 33.5 Å². The van der Waals surface area contributed by atoms with Gasteiger partial charge in [0.15, 0.2) is 5.78 Å². The largest absolute Gasteiger partial charge is 0.399 e. The van der Waals surface area contributed by atoms with Crippen LogP contribution in [-0.4, -0.2) is 5.78 Å². The molecule has 3 heteroatoms. The molecule has 0 atom stereocenters. The molecule has 0 saturated carbocycles. The molecular weight excluding hydrogens is 302 g/mol. The van der Waals surface area contributed by atoms with Crippen LogP contribution in [0.25, 0.3) is 6.08 Å². The van der Waals surface area contributed by atoms with Gasteiger partial charge in [-0.15, -0.1) is 0 Å². The molecule has 2 N–H and O–H groups in total. The van der Waals surface area contributed by atoms with Gasteiger partial charge in [0.2, 0.25) is 0 Å². The zero-order valence-electron chi connectivity index (χ0n) is 10.3. The topological polar surface area (TPSA) is 43.1 Å². The summed E-state index contributed by atoms with van der Waals surface area (Å²) >= 11 is 3.44. The zero-order valence-corrected chi connectivity index (χ0v) is 11.9. The molecule has 0 aliphatic rings. The number of allylic oxidation sites excluding steroid dienone is 1. The molecule has 0 heterocycles. The number of rotatable bonds is 4. The molecule has 0 unspecified atom stereocenters. The third-order valence-electron chi connectivity index (χ3n) is 2.72. The monoisotopic (exact) mass is 315 g/mol. The standard InChI is InChI=1S/C16H14BrNO/c17-16-4-2-1-3-13(16)11-15(19)10-7-12-5-8-14(18)9-6-12/h1-10H,11,18H2/b10-7+. The smallest absolute Gasteiger partial charge is 0.160 e. The minimum atomic E-state index is 0.0729. The van der Waals surface area contributed by atoms with Gasteiger partial charge in [-0.05, 0) is 35.4 Å². The summed E-state index contributed by atoms with van der Waals surface area (Å²) in [5.41, 5.74) is 8.29. The molecule has 0 aromatic heterocycles. The molecule has 0 aliphatic heterocycles. The van der Waals surface area contributed by atoms with Gasteiger partial charge in [-0.3, -0.25) is 4.79 Å². The third kappa shape index (κ3) is 4.07. The number of anilines is 1. The van der Waals surface area contributed by atoms with Gasteiger partial charge in [0, 0.05) is 16.6 Å². The molecule has 0 fully saturated rings. The van der Waals surface area contributed by atoms with Gasteiger partial charge in [0.1, 0.15) is 0 Å². The average Bonchev–Trinajstić information content (AvgIpc) is 2.41. The number of ketones is 1. The van der Waals surface area contributed by atoms with E-state index in [4.69, 9.17) is 5.73 Å². The SMILES string of the molecule is Nc1ccc(/C=C/C(=O)Cc2ccccc2Br)cc1. The van der Waals surface area contributed by atoms with E-state index in [1.165, 1.54) is 0 Å². The number of hydrogen-bond acceptors (Lipinski definition) is 2. The van der Waals surface area contributed by atoms with E-state index < -0.39 is 0 Å². The first-order valence-corrected chi connectivity index (χ1v) is 6.74. The van der Waals surface area contributed by atoms with Crippen molar-refractivity contribution in [3.8, 4) is 0 Å². The Balaban J connectivity index is 2.02. The Morgan fingerprint density at radius 1 is 1.11 bits per heavy atom. The van der Waals surface area contributed by atoms with E-state index in [0.29, 0.717) is 6.42 Å². The highest BCUT2D eigenvalue weighted by molar-refractivity contribution is 9.10. The van der Waals surface area contributed by atoms with Crippen LogP contribution in [0.2, 0.25) is 0 Å². The van der Waals surface area contributed by atoms with Gasteiger partial charge >= 0.3 is 0 Å². The molecule has 2 aromatic rings. The minimum Gasteiger partial charge on any atom is -0.399 e. The molecular formula is C16H14BrNO. The van der Waals surface area contributed by atoms with Crippen LogP contribution < -0.4 is 5.73 Å². The van der Waals surface area contributed by atoms with Crippen molar-refractivity contribution in [1.29, 1.82) is 0 Å². The maximum Gasteiger partial charge on any atom is 0.160 e. The molecule has 2 rings (SSSR count). The van der Waals surface area contributed by atoms with Crippen LogP contribution in [0.1, 0.15) is 11.1 Å². The van der Waals surface area contributed by atoms with Crippen molar-refractivity contribution in [2.75, 3.05) is 5.73 Å². The van der Waals surface area contributed by atoms with Crippen LogP contribution >= 0.6 is 15.9 Å². The van der Waals surface area contributed by atoms with E-state index in [1.54, 1.807) is 12.2 Å². The van der Waals surface area contributed by atoms with E-state index in [-0.39, 0.29) is 5.78 Å². The van der Waals surface area contributed by atoms with Crippen molar-refractivity contribution < 1.29 is 4.79 Å². The Morgan fingerprint density at radius 2 is 1.79 bits per heavy atom. The maximum atomic E-state index is 11.9. The fourth-order valence-electron chi connectivity index (χ4n) is 1.68. The van der Waals surface area contributed by atoms with Crippen molar-refractivity contribution in [3.05, 3.63) is 70.2 Å². The summed E-state index contributed by atoms with van der Waals surface area (Å²) in [4.78, 5) is 11.9. The van der Waals surface area contributed by atoms with Crippen molar-refractivity contribution in [2.45, 2.75) is 6.42 Å². The minimum absolute atomic E-state index is 0.0729. The van der Waals surface area contributed by atoms with Crippen LogP contribution in [0.5, 0.6) is 0 Å². The van der Waals surface area contributed by atoms with Crippen LogP contribution in [0.4, 0.5) is 5.69 Å². The molecule has 0 aliphatic carbocycles. The summed E-state index contributed by atoms with van der Waals surface area (Å²) < 4.78 is 0.962. The Hall–Kier alpha value is -1.87. The zero-order chi connectivity index (χ0) is 13.7. The second-order valence-electron chi connectivity index (χ2n) is 4.23. The van der Waals surface area contributed by atoms with Gasteiger partial charge in [-0.1, -0.05) is 52.3 Å². The van der Waals surface area contributed by atoms with E-state index in [0.717, 1.165) is 21.3 Å². The number of carbonyl (C=O) groups excluding carboxylic acids is 1. The number of nitrogens with two attached hydrogens (primary N) is 1. The molecule has 0 radical (unpaired) electrons. The number of benzene rings is 2. The predicted octanol–water partition coefficient (Wildman–Crippen LogP) is 3.86. The normalized spacial score (nSPS) is 10.8. The van der Waals surface area contributed by atoms with Crippen LogP contribution in [0.3, 0.4) is 0 Å². The van der Waals surface area contributed by atoms with Crippen LogP contribution in [0.15, 0.2) is 59.1 Å². The number of halogens is 1. The lowest BCUT2D eigenvalue weighted by molar-refractivity contribution is -0.113. The second-order valence-corrected chi connectivity index (χ2v) is 5.09. The lowest BCUT2D eigenvalue weighted by atomic mass is 10.1. The molecule has 0 amide bonds. The van der Waals surface area contributed by atoms with Gasteiger partial charge < -0.3 is 5.73 Å². The fourth-order valence-corrected chi connectivity index (χ4v) is 2.11. The van der Waals surface area contributed by atoms with Crippen molar-refractivity contribution in [2.24, 2.45) is 0 Å². The Bertz CT molecular complexity index is 602. The summed E-state index contributed by atoms with van der Waals surface area (Å²) in [6.07, 6.45) is 3.80. The first kappa shape index (κ1) is 13.6. The highest BCUT2D eigenvalue weighted by Gasteiger charge is 2.03. The first-order chi connectivity index (χ1) is 9.15. The van der Waals surface area contributed by atoms with E-state index in [9.17, 15) is 4.79 Å². The first-order valence-electron chi connectivity index (χ1n) is 5.95. The average molecular weight is 316 g/mol. The number of carbonyl (C=O) groups is 1. The second kappa shape index (κ2) is 6.34. The third-order valence-corrected chi connectivity index (χ3v) is 3.49. The fraction of sp³-hybridized carbons (Fsp3) is 0.0625. The Kier molecular flexibility index (Phi) is 4.53. The number of nitrogen functional groups attached to an aromatic ring is 1. The lowest BCUT2D eigenvalue weighted by Crippen LogP contribution is -1.98. The lowest BCUT2D eigenvalue weighted by Gasteiger charge is -2.00. The predicted molar refractivity (Wildman–Crippen MR) is 82.7 cm³/mol. The highest BCUT2D eigenvalue weighted by atomic mass is 79.9. The van der Waals surface area contributed by atoms with Gasteiger partial charge in [-0.2, -0.15) is 0 Å². The molecule has 2 aromatic carbocycles. The van der Waals surface area contributed by atoms with Crippen LogP contribution in [0, 0.1) is 0 Å². The summed E-state index contributed by atoms with van der Waals surface area (Å²) in [5, 5.41) is 0. The van der Waals surface area contributed by atoms with E-state index >= 15 is 0 Å². The summed E-state index contributed by atoms with van der Waals surface area (Å²) in [7, 11) is 0. The molecule has 2 nitrogen and oxygen atoms in total. The van der Waals surface area contributed by atoms with Gasteiger partial charge in [0.05, 0.1) is 0 Å². The molecule has 96 valence electrons.